The van der Waals surface area contributed by atoms with Crippen LogP contribution in [0.3, 0.4) is 0 Å². The molecule has 4 aromatic carbocycles. The van der Waals surface area contributed by atoms with Crippen LogP contribution in [0.5, 0.6) is 0 Å². The van der Waals surface area contributed by atoms with Crippen molar-refractivity contribution in [1.29, 1.82) is 5.41 Å². The van der Waals surface area contributed by atoms with Crippen molar-refractivity contribution >= 4 is 35.0 Å². The third-order valence-corrected chi connectivity index (χ3v) is 8.44. The number of aliphatic imine (C=N–C) groups is 1. The van der Waals surface area contributed by atoms with Crippen molar-refractivity contribution in [3.05, 3.63) is 168 Å². The number of benzene rings is 4. The molecule has 0 bridgehead atoms. The lowest BCUT2D eigenvalue weighted by molar-refractivity contribution is 0.945. The fourth-order valence-corrected chi connectivity index (χ4v) is 5.96. The molecule has 3 heteroatoms. The van der Waals surface area contributed by atoms with Crippen molar-refractivity contribution in [1.82, 2.24) is 0 Å². The second kappa shape index (κ2) is 13.4. The Kier molecular flexibility index (Phi) is 8.79. The van der Waals surface area contributed by atoms with E-state index in [1.54, 1.807) is 0 Å². The summed E-state index contributed by atoms with van der Waals surface area (Å²) in [5, 5.41) is 11.8. The largest absolute Gasteiger partial charge is 0.355 e. The van der Waals surface area contributed by atoms with E-state index >= 15 is 0 Å². The highest BCUT2D eigenvalue weighted by molar-refractivity contribution is 6.13. The quantitative estimate of drug-likeness (QED) is 0.142. The molecule has 1 aliphatic heterocycles. The molecular formula is C42H37N3. The van der Waals surface area contributed by atoms with Crippen LogP contribution in [-0.2, 0) is 6.42 Å². The summed E-state index contributed by atoms with van der Waals surface area (Å²) >= 11 is 0. The Morgan fingerprint density at radius 2 is 1.42 bits per heavy atom. The van der Waals surface area contributed by atoms with Gasteiger partial charge in [-0.3, -0.25) is 4.99 Å². The van der Waals surface area contributed by atoms with E-state index in [0.29, 0.717) is 0 Å². The molecule has 0 fully saturated rings. The number of rotatable bonds is 10. The summed E-state index contributed by atoms with van der Waals surface area (Å²) in [6.07, 6.45) is 17.6. The second-order valence-corrected chi connectivity index (χ2v) is 11.2. The molecule has 2 N–H and O–H groups in total. The number of anilines is 2. The highest BCUT2D eigenvalue weighted by atomic mass is 14.9. The number of hydrogen-bond acceptors (Lipinski definition) is 3. The molecular weight excluding hydrogens is 546 g/mol. The maximum Gasteiger partial charge on any atom is 0.0713 e. The summed E-state index contributed by atoms with van der Waals surface area (Å²) < 4.78 is 0. The minimum absolute atomic E-state index is 0.866. The van der Waals surface area contributed by atoms with Gasteiger partial charge in [0.15, 0.2) is 0 Å². The van der Waals surface area contributed by atoms with Crippen LogP contribution in [0.2, 0.25) is 0 Å². The predicted molar refractivity (Wildman–Crippen MR) is 194 cm³/mol. The van der Waals surface area contributed by atoms with E-state index in [9.17, 15) is 0 Å². The van der Waals surface area contributed by atoms with Gasteiger partial charge in [0.1, 0.15) is 0 Å². The smallest absolute Gasteiger partial charge is 0.0713 e. The van der Waals surface area contributed by atoms with Crippen LogP contribution in [0.25, 0.3) is 33.9 Å². The van der Waals surface area contributed by atoms with E-state index in [1.807, 2.05) is 32.2 Å². The summed E-state index contributed by atoms with van der Waals surface area (Å²) in [5.74, 6) is 0. The van der Waals surface area contributed by atoms with Gasteiger partial charge in [-0.05, 0) is 107 Å². The molecule has 220 valence electrons. The van der Waals surface area contributed by atoms with Crippen molar-refractivity contribution in [3.63, 3.8) is 0 Å². The molecule has 0 spiro atoms. The molecule has 3 nitrogen and oxygen atoms in total. The lowest BCUT2D eigenvalue weighted by Crippen LogP contribution is -2.08. The Labute approximate surface area is 266 Å². The molecule has 0 aromatic heterocycles. The first-order chi connectivity index (χ1) is 22.1. The number of hydrogen-bond donors (Lipinski definition) is 2. The molecule has 1 aliphatic carbocycles. The minimum Gasteiger partial charge on any atom is -0.355 e. The molecule has 2 aliphatic rings. The van der Waals surface area contributed by atoms with Gasteiger partial charge in [-0.25, -0.2) is 0 Å². The summed E-state index contributed by atoms with van der Waals surface area (Å²) in [6, 6.07) is 32.2. The summed E-state index contributed by atoms with van der Waals surface area (Å²) in [6.45, 7) is 8.55. The molecule has 0 unspecified atom stereocenters. The maximum atomic E-state index is 7.91. The first kappa shape index (κ1) is 29.5. The summed E-state index contributed by atoms with van der Waals surface area (Å²) in [7, 11) is 0. The molecule has 4 aromatic rings. The van der Waals surface area contributed by atoms with Gasteiger partial charge in [-0.15, -0.1) is 0 Å². The Balaban J connectivity index is 1.47. The fraction of sp³-hybridized carbons (Fsp3) is 0.0952. The topological polar surface area (TPSA) is 48.2 Å². The minimum atomic E-state index is 0.866. The zero-order chi connectivity index (χ0) is 31.2. The van der Waals surface area contributed by atoms with E-state index < -0.39 is 0 Å². The van der Waals surface area contributed by atoms with Crippen LogP contribution in [0, 0.1) is 5.41 Å². The van der Waals surface area contributed by atoms with Crippen molar-refractivity contribution in [2.75, 3.05) is 5.32 Å². The van der Waals surface area contributed by atoms with Gasteiger partial charge in [-0.2, -0.15) is 0 Å². The second-order valence-electron chi connectivity index (χ2n) is 11.2. The average Bonchev–Trinajstić information content (AvgIpc) is 3.07. The van der Waals surface area contributed by atoms with Crippen LogP contribution >= 0.6 is 0 Å². The molecule has 45 heavy (non-hydrogen) atoms. The average molecular weight is 584 g/mol. The standard InChI is InChI=1S/C42H37N3/c1-4-30(41-22-23-44-41)17-16-29(3)39-20-19-35-24-34(31(5-2)28-43)18-21-40(35)42(39)45-38-26-36(32-12-8-6-9-13-32)25-37(27-38)33-14-10-7-11-15-33/h4-17,19-20,22-28,43,45H,3,18,21H2,1-2H3/b17-16-,30-4?,31-5+,43-28?. The Morgan fingerprint density at radius 3 is 1.98 bits per heavy atom. The highest BCUT2D eigenvalue weighted by Crippen LogP contribution is 2.40. The van der Waals surface area contributed by atoms with Crippen molar-refractivity contribution < 1.29 is 0 Å². The van der Waals surface area contributed by atoms with Crippen LogP contribution in [-0.4, -0.2) is 11.9 Å². The van der Waals surface area contributed by atoms with Crippen molar-refractivity contribution in [3.8, 4) is 22.3 Å². The van der Waals surface area contributed by atoms with Crippen LogP contribution in [0.4, 0.5) is 11.4 Å². The van der Waals surface area contributed by atoms with Gasteiger partial charge in [0, 0.05) is 23.7 Å². The number of allylic oxidation sites excluding steroid dienone is 9. The highest BCUT2D eigenvalue weighted by Gasteiger charge is 2.20. The van der Waals surface area contributed by atoms with Gasteiger partial charge >= 0.3 is 0 Å². The normalized spacial score (nSPS) is 14.4. The van der Waals surface area contributed by atoms with Gasteiger partial charge in [0.2, 0.25) is 0 Å². The van der Waals surface area contributed by atoms with Gasteiger partial charge < -0.3 is 10.7 Å². The molecule has 0 amide bonds. The Bertz CT molecular complexity index is 1890. The SMILES string of the molecule is C=C(/C=C\C(=CC)C1=NC=C1)c1ccc2c(c1Nc1cc(-c3ccccc3)cc(-c3ccccc3)c1)CCC(/C(C=N)=C/C)=C2. The number of fused-ring (bicyclic) bond motifs is 1. The Hall–Kier alpha value is -5.54. The third-order valence-electron chi connectivity index (χ3n) is 8.44. The lowest BCUT2D eigenvalue weighted by Gasteiger charge is -2.24. The number of nitrogens with zero attached hydrogens (tertiary/aromatic N) is 1. The monoisotopic (exact) mass is 583 g/mol. The lowest BCUT2D eigenvalue weighted by atomic mass is 9.85. The molecule has 0 saturated heterocycles. The zero-order valence-corrected chi connectivity index (χ0v) is 25.8. The van der Waals surface area contributed by atoms with Crippen LogP contribution in [0.1, 0.15) is 37.0 Å². The van der Waals surface area contributed by atoms with Crippen molar-refractivity contribution in [2.45, 2.75) is 26.7 Å². The van der Waals surface area contributed by atoms with Crippen LogP contribution in [0.15, 0.2) is 156 Å². The molecule has 0 radical (unpaired) electrons. The Morgan fingerprint density at radius 1 is 0.778 bits per heavy atom. The number of nitrogens with one attached hydrogen (secondary N) is 2. The summed E-state index contributed by atoms with van der Waals surface area (Å²) in [5.41, 5.74) is 15.4. The van der Waals surface area contributed by atoms with E-state index in [4.69, 9.17) is 5.41 Å². The maximum absolute atomic E-state index is 7.91. The first-order valence-electron chi connectivity index (χ1n) is 15.4. The molecule has 0 saturated carbocycles. The van der Waals surface area contributed by atoms with Gasteiger partial charge in [0.25, 0.3) is 0 Å². The van der Waals surface area contributed by atoms with Gasteiger partial charge in [0.05, 0.1) is 11.4 Å². The fourth-order valence-electron chi connectivity index (χ4n) is 5.96. The molecule has 0 atom stereocenters. The summed E-state index contributed by atoms with van der Waals surface area (Å²) in [4.78, 5) is 4.37. The van der Waals surface area contributed by atoms with E-state index in [0.717, 1.165) is 63.3 Å². The molecule has 6 rings (SSSR count). The predicted octanol–water partition coefficient (Wildman–Crippen LogP) is 11.2. The third kappa shape index (κ3) is 6.39. The van der Waals surface area contributed by atoms with Gasteiger partial charge in [-0.1, -0.05) is 110 Å². The zero-order valence-electron chi connectivity index (χ0n) is 25.8. The van der Waals surface area contributed by atoms with E-state index in [1.165, 1.54) is 34.0 Å². The van der Waals surface area contributed by atoms with Crippen molar-refractivity contribution in [2.24, 2.45) is 4.99 Å². The van der Waals surface area contributed by atoms with Crippen LogP contribution < -0.4 is 5.32 Å². The molecule has 1 heterocycles. The van der Waals surface area contributed by atoms with E-state index in [-0.39, 0.29) is 0 Å². The first-order valence-corrected chi connectivity index (χ1v) is 15.4. The van der Waals surface area contributed by atoms with E-state index in [2.05, 4.69) is 132 Å².